The Bertz CT molecular complexity index is 212. The summed E-state index contributed by atoms with van der Waals surface area (Å²) in [6.07, 6.45) is -0.982. The highest BCUT2D eigenvalue weighted by Gasteiger charge is 2.22. The molecule has 13 heavy (non-hydrogen) atoms. The molecule has 1 heterocycles. The Labute approximate surface area is 74.5 Å². The zero-order chi connectivity index (χ0) is 9.84. The van der Waals surface area contributed by atoms with E-state index in [0.717, 1.165) is 0 Å². The molecule has 1 fully saturated rings. The fraction of sp³-hybridized carbons (Fsp3) is 0.667. The van der Waals surface area contributed by atoms with Gasteiger partial charge in [-0.1, -0.05) is 0 Å². The molecular weight excluding hydrogens is 178 g/mol. The van der Waals surface area contributed by atoms with Gasteiger partial charge >= 0.3 is 12.1 Å². The van der Waals surface area contributed by atoms with Crippen molar-refractivity contribution >= 4 is 12.1 Å². The average Bonchev–Trinajstić information content (AvgIpc) is 2.17. The molecule has 1 aliphatic heterocycles. The number of carboxylic acid groups (broad SMARTS) is 1. The van der Waals surface area contributed by atoms with Crippen molar-refractivity contribution in [2.24, 2.45) is 0 Å². The van der Waals surface area contributed by atoms with Gasteiger partial charge in [0, 0.05) is 26.2 Å². The van der Waals surface area contributed by atoms with E-state index in [9.17, 15) is 9.59 Å². The summed E-state index contributed by atoms with van der Waals surface area (Å²) in [4.78, 5) is 23.9. The third-order valence-corrected chi connectivity index (χ3v) is 1.93. The lowest BCUT2D eigenvalue weighted by Crippen LogP contribution is -2.52. The van der Waals surface area contributed by atoms with E-state index >= 15 is 0 Å². The molecule has 3 N–H and O–H groups in total. The van der Waals surface area contributed by atoms with Crippen LogP contribution in [0.25, 0.3) is 0 Å². The predicted molar refractivity (Wildman–Crippen MR) is 41.5 cm³/mol. The molecule has 3 amide bonds. The normalized spacial score (nSPS) is 17.0. The van der Waals surface area contributed by atoms with Crippen molar-refractivity contribution in [1.29, 1.82) is 0 Å². The van der Waals surface area contributed by atoms with Crippen molar-refractivity contribution in [1.82, 2.24) is 15.3 Å². The Morgan fingerprint density at radius 3 is 1.92 bits per heavy atom. The van der Waals surface area contributed by atoms with Gasteiger partial charge in [0.05, 0.1) is 0 Å². The number of hydrogen-bond donors (Lipinski definition) is 3. The van der Waals surface area contributed by atoms with Gasteiger partial charge in [-0.3, -0.25) is 5.21 Å². The molecule has 0 aromatic heterocycles. The van der Waals surface area contributed by atoms with Gasteiger partial charge in [0.1, 0.15) is 0 Å². The monoisotopic (exact) mass is 189 g/mol. The summed E-state index contributed by atoms with van der Waals surface area (Å²) < 4.78 is 0. The number of hydrogen-bond acceptors (Lipinski definition) is 3. The summed E-state index contributed by atoms with van der Waals surface area (Å²) in [7, 11) is 0. The van der Waals surface area contributed by atoms with Crippen molar-refractivity contribution < 1.29 is 19.9 Å². The van der Waals surface area contributed by atoms with Crippen molar-refractivity contribution in [3.05, 3.63) is 0 Å². The second kappa shape index (κ2) is 3.94. The Morgan fingerprint density at radius 2 is 1.54 bits per heavy atom. The molecule has 0 unspecified atom stereocenters. The third kappa shape index (κ3) is 2.22. The third-order valence-electron chi connectivity index (χ3n) is 1.93. The fourth-order valence-electron chi connectivity index (χ4n) is 1.17. The van der Waals surface area contributed by atoms with Gasteiger partial charge in [0.25, 0.3) is 0 Å². The second-order valence-electron chi connectivity index (χ2n) is 2.67. The van der Waals surface area contributed by atoms with E-state index in [-0.39, 0.29) is 13.1 Å². The molecule has 7 nitrogen and oxygen atoms in total. The number of carbonyl (C=O) groups excluding carboxylic acids is 1. The van der Waals surface area contributed by atoms with Crippen LogP contribution in [0.3, 0.4) is 0 Å². The van der Waals surface area contributed by atoms with E-state index in [4.69, 9.17) is 10.3 Å². The second-order valence-corrected chi connectivity index (χ2v) is 2.67. The molecular formula is C6H11N3O4. The van der Waals surface area contributed by atoms with E-state index in [1.165, 1.54) is 15.3 Å². The number of piperazine rings is 1. The molecule has 1 rings (SSSR count). The minimum Gasteiger partial charge on any atom is -0.465 e. The first-order chi connectivity index (χ1) is 6.15. The summed E-state index contributed by atoms with van der Waals surface area (Å²) in [5.74, 6) is 0. The van der Waals surface area contributed by atoms with E-state index in [1.807, 2.05) is 0 Å². The van der Waals surface area contributed by atoms with Crippen LogP contribution in [-0.2, 0) is 0 Å². The Kier molecular flexibility index (Phi) is 2.91. The van der Waals surface area contributed by atoms with Gasteiger partial charge in [-0.15, -0.1) is 0 Å². The van der Waals surface area contributed by atoms with Crippen LogP contribution in [0, 0.1) is 0 Å². The first kappa shape index (κ1) is 9.59. The summed E-state index contributed by atoms with van der Waals surface area (Å²) in [6, 6.07) is -0.593. The van der Waals surface area contributed by atoms with Crippen molar-refractivity contribution in [3.63, 3.8) is 0 Å². The standard InChI is InChI=1S/C6H11N3O4/c10-5(7-13)8-1-3-9(4-2-8)6(11)12/h13H,1-4H2,(H,7,10)(H,11,12). The molecule has 0 aromatic rings. The van der Waals surface area contributed by atoms with Gasteiger partial charge in [-0.25, -0.2) is 15.1 Å². The van der Waals surface area contributed by atoms with E-state index in [2.05, 4.69) is 0 Å². The van der Waals surface area contributed by atoms with Crippen LogP contribution >= 0.6 is 0 Å². The van der Waals surface area contributed by atoms with Gasteiger partial charge in [-0.05, 0) is 0 Å². The number of hydroxylamine groups is 1. The van der Waals surface area contributed by atoms with Crippen molar-refractivity contribution in [3.8, 4) is 0 Å². The zero-order valence-electron chi connectivity index (χ0n) is 6.93. The summed E-state index contributed by atoms with van der Waals surface area (Å²) >= 11 is 0. The number of amides is 3. The minimum atomic E-state index is -0.982. The van der Waals surface area contributed by atoms with Crippen LogP contribution in [-0.4, -0.2) is 58.4 Å². The Balaban J connectivity index is 2.39. The Hall–Kier alpha value is -1.50. The minimum absolute atomic E-state index is 0.281. The van der Waals surface area contributed by atoms with Gasteiger partial charge < -0.3 is 14.9 Å². The molecule has 0 atom stereocenters. The SMILES string of the molecule is O=C(O)N1CCN(C(=O)NO)CC1. The summed E-state index contributed by atoms with van der Waals surface area (Å²) in [6.45, 7) is 1.17. The number of urea groups is 1. The predicted octanol–water partition coefficient (Wildman–Crippen LogP) is -0.619. The largest absolute Gasteiger partial charge is 0.465 e. The summed E-state index contributed by atoms with van der Waals surface area (Å²) in [5.41, 5.74) is 1.50. The molecule has 0 aliphatic carbocycles. The summed E-state index contributed by atoms with van der Waals surface area (Å²) in [5, 5.41) is 16.9. The smallest absolute Gasteiger partial charge is 0.407 e. The van der Waals surface area contributed by atoms with Crippen LogP contribution in [0.5, 0.6) is 0 Å². The highest BCUT2D eigenvalue weighted by molar-refractivity contribution is 5.73. The molecule has 7 heteroatoms. The van der Waals surface area contributed by atoms with E-state index in [0.29, 0.717) is 13.1 Å². The van der Waals surface area contributed by atoms with Crippen molar-refractivity contribution in [2.75, 3.05) is 26.2 Å². The van der Waals surface area contributed by atoms with Crippen LogP contribution in [0.1, 0.15) is 0 Å². The van der Waals surface area contributed by atoms with Gasteiger partial charge in [0.2, 0.25) is 0 Å². The molecule has 0 aromatic carbocycles. The average molecular weight is 189 g/mol. The number of carbonyl (C=O) groups is 2. The molecule has 74 valence electrons. The van der Waals surface area contributed by atoms with E-state index < -0.39 is 12.1 Å². The quantitative estimate of drug-likeness (QED) is 0.349. The first-order valence-corrected chi connectivity index (χ1v) is 3.82. The fourth-order valence-corrected chi connectivity index (χ4v) is 1.17. The van der Waals surface area contributed by atoms with Gasteiger partial charge in [0.15, 0.2) is 0 Å². The van der Waals surface area contributed by atoms with Gasteiger partial charge in [-0.2, -0.15) is 0 Å². The molecule has 0 bridgehead atoms. The zero-order valence-corrected chi connectivity index (χ0v) is 6.93. The topological polar surface area (TPSA) is 93.1 Å². The maximum Gasteiger partial charge on any atom is 0.407 e. The van der Waals surface area contributed by atoms with Crippen LogP contribution in [0.4, 0.5) is 9.59 Å². The number of rotatable bonds is 0. The first-order valence-electron chi connectivity index (χ1n) is 3.82. The van der Waals surface area contributed by atoms with Crippen LogP contribution in [0.2, 0.25) is 0 Å². The molecule has 1 aliphatic rings. The lowest BCUT2D eigenvalue weighted by molar-refractivity contribution is 0.0930. The van der Waals surface area contributed by atoms with E-state index in [1.54, 1.807) is 0 Å². The lowest BCUT2D eigenvalue weighted by Gasteiger charge is -2.32. The maximum atomic E-state index is 10.8. The number of nitrogens with one attached hydrogen (secondary N) is 1. The lowest BCUT2D eigenvalue weighted by atomic mass is 10.3. The number of nitrogens with zero attached hydrogens (tertiary/aromatic N) is 2. The Morgan fingerprint density at radius 1 is 1.08 bits per heavy atom. The maximum absolute atomic E-state index is 10.8. The molecule has 1 saturated heterocycles. The molecule has 0 spiro atoms. The highest BCUT2D eigenvalue weighted by atomic mass is 16.5. The van der Waals surface area contributed by atoms with Crippen molar-refractivity contribution in [2.45, 2.75) is 0 Å². The molecule has 0 saturated carbocycles. The van der Waals surface area contributed by atoms with Crippen LogP contribution < -0.4 is 5.48 Å². The van der Waals surface area contributed by atoms with Crippen LogP contribution in [0.15, 0.2) is 0 Å². The molecule has 0 radical (unpaired) electrons. The highest BCUT2D eigenvalue weighted by Crippen LogP contribution is 2.01.